The number of halogens is 1. The van der Waals surface area contributed by atoms with Crippen LogP contribution in [0.25, 0.3) is 21.3 Å². The molecule has 6 rings (SSSR count). The molecule has 3 aromatic heterocycles. The Bertz CT molecular complexity index is 1590. The molecule has 4 heterocycles. The smallest absolute Gasteiger partial charge is 0.302 e. The van der Waals surface area contributed by atoms with Crippen LogP contribution >= 0.6 is 22.9 Å². The quantitative estimate of drug-likeness (QED) is 0.247. The van der Waals surface area contributed by atoms with Crippen LogP contribution in [0.15, 0.2) is 75.4 Å². The summed E-state index contributed by atoms with van der Waals surface area (Å²) >= 11 is 7.97. The fourth-order valence-electron chi connectivity index (χ4n) is 4.13. The van der Waals surface area contributed by atoms with E-state index in [1.165, 1.54) is 11.3 Å². The zero-order valence-corrected chi connectivity index (χ0v) is 20.8. The van der Waals surface area contributed by atoms with Crippen LogP contribution in [0.1, 0.15) is 18.7 Å². The molecular formula is C24H21ClN8O2S. The van der Waals surface area contributed by atoms with Crippen LogP contribution in [0.3, 0.4) is 0 Å². The van der Waals surface area contributed by atoms with E-state index < -0.39 is 12.3 Å². The topological polar surface area (TPSA) is 125 Å². The fourth-order valence-corrected chi connectivity index (χ4v) is 5.30. The van der Waals surface area contributed by atoms with Gasteiger partial charge >= 0.3 is 6.01 Å². The maximum absolute atomic E-state index is 11.3. The van der Waals surface area contributed by atoms with Gasteiger partial charge in [0.15, 0.2) is 16.9 Å². The molecule has 0 bridgehead atoms. The number of nitrogens with one attached hydrogen (secondary N) is 3. The Morgan fingerprint density at radius 1 is 1.14 bits per heavy atom. The highest BCUT2D eigenvalue weighted by Crippen LogP contribution is 2.36. The van der Waals surface area contributed by atoms with Gasteiger partial charge in [0.25, 0.3) is 0 Å². The predicted molar refractivity (Wildman–Crippen MR) is 141 cm³/mol. The molecule has 5 aromatic rings. The monoisotopic (exact) mass is 520 g/mol. The molecule has 1 aliphatic heterocycles. The first-order valence-corrected chi connectivity index (χ1v) is 12.3. The van der Waals surface area contributed by atoms with Crippen LogP contribution in [-0.2, 0) is 7.05 Å². The molecule has 0 amide bonds. The lowest BCUT2D eigenvalue weighted by Gasteiger charge is -2.29. The number of aliphatic hydroxyl groups is 1. The third kappa shape index (κ3) is 4.17. The van der Waals surface area contributed by atoms with Crippen LogP contribution in [0.4, 0.5) is 11.1 Å². The molecule has 10 nitrogen and oxygen atoms in total. The van der Waals surface area contributed by atoms with E-state index in [4.69, 9.17) is 21.0 Å². The van der Waals surface area contributed by atoms with Gasteiger partial charge in [0.2, 0.25) is 5.96 Å². The van der Waals surface area contributed by atoms with Gasteiger partial charge in [0.05, 0.1) is 15.2 Å². The van der Waals surface area contributed by atoms with Gasteiger partial charge in [-0.1, -0.05) is 47.2 Å². The minimum absolute atomic E-state index is 0.290. The number of aromatic nitrogens is 4. The van der Waals surface area contributed by atoms with Crippen molar-refractivity contribution in [3.63, 3.8) is 0 Å². The zero-order chi connectivity index (χ0) is 24.8. The number of aliphatic imine (C=N–C) groups is 1. The van der Waals surface area contributed by atoms with Gasteiger partial charge in [-0.3, -0.25) is 10.00 Å². The zero-order valence-electron chi connectivity index (χ0n) is 19.2. The lowest BCUT2D eigenvalue weighted by Crippen LogP contribution is -2.39. The Morgan fingerprint density at radius 2 is 1.92 bits per heavy atom. The Kier molecular flexibility index (Phi) is 5.59. The molecule has 36 heavy (non-hydrogen) atoms. The number of oxazole rings is 1. The van der Waals surface area contributed by atoms with E-state index in [-0.39, 0.29) is 6.01 Å². The average Bonchev–Trinajstić information content (AvgIpc) is 3.53. The van der Waals surface area contributed by atoms with Crippen molar-refractivity contribution in [2.45, 2.75) is 19.2 Å². The van der Waals surface area contributed by atoms with Gasteiger partial charge in [-0.2, -0.15) is 10.1 Å². The molecule has 0 saturated carbocycles. The first-order valence-electron chi connectivity index (χ1n) is 11.1. The normalized spacial score (nSPS) is 16.8. The van der Waals surface area contributed by atoms with Crippen LogP contribution in [0.2, 0.25) is 5.02 Å². The summed E-state index contributed by atoms with van der Waals surface area (Å²) in [4.78, 5) is 13.8. The van der Waals surface area contributed by atoms with Crippen molar-refractivity contribution in [1.82, 2.24) is 25.1 Å². The number of nitrogens with zero attached hydrogens (tertiary/aromatic N) is 5. The third-order valence-electron chi connectivity index (χ3n) is 5.73. The number of anilines is 2. The molecule has 2 unspecified atom stereocenters. The fraction of sp³-hybridized carbons (Fsp3) is 0.167. The summed E-state index contributed by atoms with van der Waals surface area (Å²) in [6.07, 6.45) is 0.596. The van der Waals surface area contributed by atoms with Gasteiger partial charge in [-0.05, 0) is 31.2 Å². The summed E-state index contributed by atoms with van der Waals surface area (Å²) < 4.78 is 8.42. The summed E-state index contributed by atoms with van der Waals surface area (Å²) in [5.74, 6) is 0.390. The Hall–Kier alpha value is -3.93. The maximum atomic E-state index is 11.3. The summed E-state index contributed by atoms with van der Waals surface area (Å²) in [7, 11) is 1.78. The van der Waals surface area contributed by atoms with E-state index in [0.29, 0.717) is 38.7 Å². The molecule has 0 saturated heterocycles. The first kappa shape index (κ1) is 22.5. The molecule has 0 radical (unpaired) electrons. The SMILES string of the molecule is CC1=C(C(O)Nc2nc3ccccc3s2)C(c2nn(C)cc2Cl)N=C(Nc2nc3ccccc3o2)N1. The molecule has 4 N–H and O–H groups in total. The molecule has 0 fully saturated rings. The average molecular weight is 521 g/mol. The van der Waals surface area contributed by atoms with Crippen LogP contribution in [0, 0.1) is 0 Å². The molecular weight excluding hydrogens is 500 g/mol. The lowest BCUT2D eigenvalue weighted by atomic mass is 9.99. The number of aryl methyl sites for hydroxylation is 1. The van der Waals surface area contributed by atoms with Crippen molar-refractivity contribution in [2.75, 3.05) is 10.6 Å². The second kappa shape index (κ2) is 8.94. The standard InChI is InChI=1S/C24H21ClN8O2S/c1-12-18(21(34)30-24-28-15-8-4-6-10-17(15)36-24)20(19-13(25)11-33(2)32-19)29-22(26-12)31-23-27-14-7-3-5-9-16(14)35-23/h3-11,20-21,34H,1-2H3,(H,28,30)(H2,26,27,29,31). The maximum Gasteiger partial charge on any atom is 0.302 e. The summed E-state index contributed by atoms with van der Waals surface area (Å²) in [5.41, 5.74) is 4.00. The molecule has 0 spiro atoms. The van der Waals surface area contributed by atoms with E-state index in [9.17, 15) is 5.11 Å². The van der Waals surface area contributed by atoms with Gasteiger partial charge in [0, 0.05) is 24.5 Å². The summed E-state index contributed by atoms with van der Waals surface area (Å²) in [6, 6.07) is 14.9. The molecule has 12 heteroatoms. The van der Waals surface area contributed by atoms with Crippen molar-refractivity contribution in [3.8, 4) is 0 Å². The minimum atomic E-state index is -1.10. The number of benzene rings is 2. The van der Waals surface area contributed by atoms with Crippen molar-refractivity contribution >= 4 is 61.4 Å². The number of guanidine groups is 1. The number of fused-ring (bicyclic) bond motifs is 2. The lowest BCUT2D eigenvalue weighted by molar-refractivity contribution is 0.229. The third-order valence-corrected chi connectivity index (χ3v) is 6.99. The van der Waals surface area contributed by atoms with Crippen LogP contribution < -0.4 is 16.0 Å². The van der Waals surface area contributed by atoms with Gasteiger partial charge in [-0.15, -0.1) is 0 Å². The van der Waals surface area contributed by atoms with Crippen molar-refractivity contribution < 1.29 is 9.52 Å². The summed E-state index contributed by atoms with van der Waals surface area (Å²) in [6.45, 7) is 1.85. The van der Waals surface area contributed by atoms with E-state index >= 15 is 0 Å². The number of para-hydroxylation sites is 3. The summed E-state index contributed by atoms with van der Waals surface area (Å²) in [5, 5.41) is 26.2. The largest absolute Gasteiger partial charge is 0.423 e. The molecule has 2 aromatic carbocycles. The highest BCUT2D eigenvalue weighted by Gasteiger charge is 2.33. The number of rotatable bonds is 5. The number of aliphatic hydroxyl groups excluding tert-OH is 1. The molecule has 182 valence electrons. The number of allylic oxidation sites excluding steroid dienone is 1. The molecule has 1 aliphatic rings. The van der Waals surface area contributed by atoms with E-state index in [1.54, 1.807) is 17.9 Å². The van der Waals surface area contributed by atoms with Crippen LogP contribution in [0.5, 0.6) is 0 Å². The molecule has 2 atom stereocenters. The number of thiazole rings is 1. The number of hydrogen-bond acceptors (Lipinski definition) is 10. The predicted octanol–water partition coefficient (Wildman–Crippen LogP) is 4.64. The highest BCUT2D eigenvalue weighted by atomic mass is 35.5. The van der Waals surface area contributed by atoms with Gasteiger partial charge in [0.1, 0.15) is 17.3 Å². The van der Waals surface area contributed by atoms with Gasteiger partial charge < -0.3 is 20.2 Å². The van der Waals surface area contributed by atoms with Crippen molar-refractivity contribution in [2.24, 2.45) is 12.0 Å². The highest BCUT2D eigenvalue weighted by molar-refractivity contribution is 7.22. The number of hydrogen-bond donors (Lipinski definition) is 4. The van der Waals surface area contributed by atoms with Crippen LogP contribution in [-0.4, -0.2) is 37.0 Å². The Balaban J connectivity index is 1.33. The minimum Gasteiger partial charge on any atom is -0.423 e. The second-order valence-corrected chi connectivity index (χ2v) is 9.70. The Labute approximate surface area is 214 Å². The van der Waals surface area contributed by atoms with E-state index in [1.807, 2.05) is 55.5 Å². The van der Waals surface area contributed by atoms with Gasteiger partial charge in [-0.25, -0.2) is 9.98 Å². The Morgan fingerprint density at radius 3 is 2.67 bits per heavy atom. The van der Waals surface area contributed by atoms with Crippen molar-refractivity contribution in [3.05, 3.63) is 76.7 Å². The van der Waals surface area contributed by atoms with Crippen molar-refractivity contribution in [1.29, 1.82) is 0 Å². The first-order chi connectivity index (χ1) is 17.4. The van der Waals surface area contributed by atoms with E-state index in [2.05, 4.69) is 31.0 Å². The van der Waals surface area contributed by atoms with E-state index in [0.717, 1.165) is 15.7 Å². The molecule has 0 aliphatic carbocycles. The second-order valence-electron chi connectivity index (χ2n) is 8.27.